The fourth-order valence-electron chi connectivity index (χ4n) is 1.36. The molecule has 1 aromatic rings. The maximum Gasteiger partial charge on any atom is 0.182 e. The van der Waals surface area contributed by atoms with Gasteiger partial charge in [0.05, 0.1) is 13.2 Å². The van der Waals surface area contributed by atoms with E-state index < -0.39 is 9.84 Å². The van der Waals surface area contributed by atoms with Crippen molar-refractivity contribution in [3.63, 3.8) is 0 Å². The first-order valence-electron chi connectivity index (χ1n) is 4.63. The summed E-state index contributed by atoms with van der Waals surface area (Å²) in [7, 11) is -0.0777. The third kappa shape index (κ3) is 2.27. The molecule has 0 radical (unpaired) electrons. The summed E-state index contributed by atoms with van der Waals surface area (Å²) < 4.78 is 24.4. The lowest BCUT2D eigenvalue weighted by Crippen LogP contribution is -2.13. The predicted molar refractivity (Wildman–Crippen MR) is 61.2 cm³/mol. The lowest BCUT2D eigenvalue weighted by molar-refractivity contribution is 0.270. The van der Waals surface area contributed by atoms with Crippen LogP contribution in [0.3, 0.4) is 0 Å². The van der Waals surface area contributed by atoms with Gasteiger partial charge >= 0.3 is 0 Å². The molecule has 0 unspecified atom stereocenters. The summed E-state index contributed by atoms with van der Waals surface area (Å²) >= 11 is 0. The molecule has 1 aromatic heterocycles. The Labute approximate surface area is 94.4 Å². The van der Waals surface area contributed by atoms with E-state index in [9.17, 15) is 8.42 Å². The second kappa shape index (κ2) is 4.30. The summed E-state index contributed by atoms with van der Waals surface area (Å²) in [5.41, 5.74) is 5.70. The third-order valence-corrected chi connectivity index (χ3v) is 3.17. The molecular formula is C8H16N4O3S. The third-order valence-electron chi connectivity index (χ3n) is 2.04. The van der Waals surface area contributed by atoms with Gasteiger partial charge in [0, 0.05) is 20.4 Å². The van der Waals surface area contributed by atoms with Gasteiger partial charge in [0.25, 0.3) is 0 Å². The largest absolute Gasteiger partial charge is 0.394 e. The van der Waals surface area contributed by atoms with Gasteiger partial charge in [-0.3, -0.25) is 0 Å². The van der Waals surface area contributed by atoms with Crippen molar-refractivity contribution in [3.05, 3.63) is 0 Å². The zero-order valence-electron chi connectivity index (χ0n) is 9.51. The zero-order chi connectivity index (χ0) is 12.5. The van der Waals surface area contributed by atoms with Crippen molar-refractivity contribution in [1.29, 1.82) is 0 Å². The second-order valence-electron chi connectivity index (χ2n) is 3.65. The molecule has 0 saturated heterocycles. The van der Waals surface area contributed by atoms with Crippen LogP contribution in [-0.4, -0.2) is 50.3 Å². The van der Waals surface area contributed by atoms with Crippen molar-refractivity contribution in [2.45, 2.75) is 11.4 Å². The summed E-state index contributed by atoms with van der Waals surface area (Å²) in [6, 6.07) is 0. The highest BCUT2D eigenvalue weighted by Crippen LogP contribution is 2.28. The Morgan fingerprint density at radius 3 is 2.38 bits per heavy atom. The Bertz CT molecular complexity index is 478. The van der Waals surface area contributed by atoms with Gasteiger partial charge < -0.3 is 15.7 Å². The molecule has 3 N–H and O–H groups in total. The minimum atomic E-state index is -3.44. The van der Waals surface area contributed by atoms with Crippen LogP contribution in [-0.2, 0) is 16.4 Å². The van der Waals surface area contributed by atoms with Crippen LogP contribution >= 0.6 is 0 Å². The van der Waals surface area contributed by atoms with Crippen LogP contribution in [0.15, 0.2) is 4.90 Å². The minimum Gasteiger partial charge on any atom is -0.394 e. The molecule has 0 atom stereocenters. The quantitative estimate of drug-likeness (QED) is 0.703. The summed E-state index contributed by atoms with van der Waals surface area (Å²) in [5, 5.41) is 12.9. The Morgan fingerprint density at radius 1 is 1.50 bits per heavy atom. The fourth-order valence-corrected chi connectivity index (χ4v) is 2.40. The number of aliphatic hydroxyl groups excluding tert-OH is 1. The standard InChI is InChI=1S/C8H16N4O3S/c1-11(2)8-6(16(3,14)15)7(9)12(10-8)4-5-13/h13H,4-5,9H2,1-3H3. The van der Waals surface area contributed by atoms with E-state index in [4.69, 9.17) is 10.8 Å². The van der Waals surface area contributed by atoms with Gasteiger partial charge in [-0.2, -0.15) is 5.10 Å². The number of hydrogen-bond donors (Lipinski definition) is 2. The first-order valence-corrected chi connectivity index (χ1v) is 6.52. The number of sulfone groups is 1. The predicted octanol–water partition coefficient (Wildman–Crippen LogP) is -1.07. The molecule has 0 bridgehead atoms. The summed E-state index contributed by atoms with van der Waals surface area (Å²) in [6.07, 6.45) is 1.08. The van der Waals surface area contributed by atoms with Gasteiger partial charge in [0.2, 0.25) is 0 Å². The van der Waals surface area contributed by atoms with E-state index >= 15 is 0 Å². The number of nitrogens with two attached hydrogens (primary N) is 1. The molecule has 0 aliphatic carbocycles. The van der Waals surface area contributed by atoms with E-state index in [1.54, 1.807) is 19.0 Å². The van der Waals surface area contributed by atoms with Gasteiger partial charge in [-0.25, -0.2) is 13.1 Å². The van der Waals surface area contributed by atoms with E-state index in [1.165, 1.54) is 4.68 Å². The summed E-state index contributed by atoms with van der Waals surface area (Å²) in [5.74, 6) is 0.341. The average molecular weight is 248 g/mol. The molecule has 7 nitrogen and oxygen atoms in total. The van der Waals surface area contributed by atoms with Crippen molar-refractivity contribution >= 4 is 21.5 Å². The van der Waals surface area contributed by atoms with E-state index in [2.05, 4.69) is 5.10 Å². The topological polar surface area (TPSA) is 101 Å². The summed E-state index contributed by atoms with van der Waals surface area (Å²) in [6.45, 7) is 0.0180. The number of anilines is 2. The highest BCUT2D eigenvalue weighted by Gasteiger charge is 2.24. The SMILES string of the molecule is CN(C)c1nn(CCO)c(N)c1S(C)(=O)=O. The van der Waals surface area contributed by atoms with E-state index in [0.29, 0.717) is 0 Å². The molecule has 0 fully saturated rings. The Hall–Kier alpha value is -1.28. The molecule has 0 aromatic carbocycles. The van der Waals surface area contributed by atoms with Crippen LogP contribution in [0.2, 0.25) is 0 Å². The molecule has 16 heavy (non-hydrogen) atoms. The van der Waals surface area contributed by atoms with Gasteiger partial charge in [0.15, 0.2) is 20.6 Å². The number of rotatable bonds is 4. The zero-order valence-corrected chi connectivity index (χ0v) is 10.3. The second-order valence-corrected chi connectivity index (χ2v) is 5.60. The Kier molecular flexibility index (Phi) is 3.44. The maximum absolute atomic E-state index is 11.6. The van der Waals surface area contributed by atoms with Gasteiger partial charge in [-0.1, -0.05) is 0 Å². The Morgan fingerprint density at radius 2 is 2.06 bits per heavy atom. The minimum absolute atomic E-state index is 0.00551. The van der Waals surface area contributed by atoms with Gasteiger partial charge in [0.1, 0.15) is 5.82 Å². The van der Waals surface area contributed by atoms with E-state index in [-0.39, 0.29) is 29.7 Å². The van der Waals surface area contributed by atoms with Crippen molar-refractivity contribution in [3.8, 4) is 0 Å². The van der Waals surface area contributed by atoms with Crippen LogP contribution < -0.4 is 10.6 Å². The van der Waals surface area contributed by atoms with Crippen LogP contribution in [0.1, 0.15) is 0 Å². The normalized spacial score (nSPS) is 11.8. The van der Waals surface area contributed by atoms with Crippen LogP contribution in [0.25, 0.3) is 0 Å². The van der Waals surface area contributed by atoms with Crippen molar-refractivity contribution in [2.75, 3.05) is 37.6 Å². The number of nitrogens with zero attached hydrogens (tertiary/aromatic N) is 3. The Balaban J connectivity index is 3.44. The van der Waals surface area contributed by atoms with Gasteiger partial charge in [-0.15, -0.1) is 0 Å². The monoisotopic (exact) mass is 248 g/mol. The molecule has 1 heterocycles. The molecule has 0 spiro atoms. The molecule has 8 heteroatoms. The molecule has 1 rings (SSSR count). The smallest absolute Gasteiger partial charge is 0.182 e. The molecule has 0 saturated carbocycles. The van der Waals surface area contributed by atoms with Gasteiger partial charge in [-0.05, 0) is 0 Å². The lowest BCUT2D eigenvalue weighted by Gasteiger charge is -2.09. The van der Waals surface area contributed by atoms with Crippen molar-refractivity contribution in [1.82, 2.24) is 9.78 Å². The van der Waals surface area contributed by atoms with Crippen LogP contribution in [0, 0.1) is 0 Å². The maximum atomic E-state index is 11.6. The number of aliphatic hydroxyl groups is 1. The number of nitrogen functional groups attached to an aromatic ring is 1. The first kappa shape index (κ1) is 12.8. The molecule has 0 aliphatic heterocycles. The highest BCUT2D eigenvalue weighted by atomic mass is 32.2. The fraction of sp³-hybridized carbons (Fsp3) is 0.625. The van der Waals surface area contributed by atoms with Crippen molar-refractivity contribution < 1.29 is 13.5 Å². The van der Waals surface area contributed by atoms with E-state index in [1.807, 2.05) is 0 Å². The van der Waals surface area contributed by atoms with Crippen LogP contribution in [0.4, 0.5) is 11.6 Å². The lowest BCUT2D eigenvalue weighted by atomic mass is 10.5. The average Bonchev–Trinajstić information content (AvgIpc) is 2.43. The molecule has 0 aliphatic rings. The first-order chi connectivity index (χ1) is 7.29. The molecule has 92 valence electrons. The van der Waals surface area contributed by atoms with Crippen LogP contribution in [0.5, 0.6) is 0 Å². The van der Waals surface area contributed by atoms with Crippen molar-refractivity contribution in [2.24, 2.45) is 0 Å². The number of hydrogen-bond acceptors (Lipinski definition) is 6. The number of aromatic nitrogens is 2. The highest BCUT2D eigenvalue weighted by molar-refractivity contribution is 7.91. The van der Waals surface area contributed by atoms with E-state index in [0.717, 1.165) is 6.26 Å². The molecule has 0 amide bonds. The summed E-state index contributed by atoms with van der Waals surface area (Å²) in [4.78, 5) is 1.58. The molecular weight excluding hydrogens is 232 g/mol.